The maximum Gasteiger partial charge on any atom is 0.324 e. The Morgan fingerprint density at radius 1 is 1.80 bits per heavy atom. The molecule has 1 aliphatic rings. The van der Waals surface area contributed by atoms with Crippen molar-refractivity contribution in [2.45, 2.75) is 12.5 Å². The Morgan fingerprint density at radius 2 is 2.50 bits per heavy atom. The zero-order valence-corrected chi connectivity index (χ0v) is 5.95. The summed E-state index contributed by atoms with van der Waals surface area (Å²) in [6, 6.07) is -0.409. The highest BCUT2D eigenvalue weighted by molar-refractivity contribution is 5.76. The highest BCUT2D eigenvalue weighted by Crippen LogP contribution is 2.06. The van der Waals surface area contributed by atoms with Crippen molar-refractivity contribution < 1.29 is 9.90 Å². The summed E-state index contributed by atoms with van der Waals surface area (Å²) in [5, 5.41) is 8.62. The molecule has 0 saturated carbocycles. The molecular weight excluding hydrogens is 130 g/mol. The monoisotopic (exact) mass is 141 g/mol. The SMILES string of the molecule is CN1CCC=CC1C(=O)O. The van der Waals surface area contributed by atoms with Crippen molar-refractivity contribution in [1.82, 2.24) is 4.90 Å². The van der Waals surface area contributed by atoms with E-state index in [2.05, 4.69) is 0 Å². The van der Waals surface area contributed by atoms with Gasteiger partial charge in [-0.3, -0.25) is 9.69 Å². The fourth-order valence-corrected chi connectivity index (χ4v) is 1.06. The van der Waals surface area contributed by atoms with E-state index in [0.717, 1.165) is 13.0 Å². The number of nitrogens with zero attached hydrogens (tertiary/aromatic N) is 1. The molecule has 0 aliphatic carbocycles. The minimum absolute atomic E-state index is 0.409. The number of hydrogen-bond acceptors (Lipinski definition) is 2. The van der Waals surface area contributed by atoms with Gasteiger partial charge in [0.25, 0.3) is 0 Å². The smallest absolute Gasteiger partial charge is 0.324 e. The molecule has 3 nitrogen and oxygen atoms in total. The Labute approximate surface area is 59.9 Å². The van der Waals surface area contributed by atoms with Gasteiger partial charge in [-0.15, -0.1) is 0 Å². The fraction of sp³-hybridized carbons (Fsp3) is 0.571. The van der Waals surface area contributed by atoms with Crippen molar-refractivity contribution in [1.29, 1.82) is 0 Å². The van der Waals surface area contributed by atoms with Crippen LogP contribution in [0.5, 0.6) is 0 Å². The van der Waals surface area contributed by atoms with Gasteiger partial charge in [0.1, 0.15) is 6.04 Å². The second kappa shape index (κ2) is 2.84. The van der Waals surface area contributed by atoms with E-state index >= 15 is 0 Å². The Bertz CT molecular complexity index is 165. The normalized spacial score (nSPS) is 26.7. The van der Waals surface area contributed by atoms with E-state index in [1.54, 1.807) is 6.08 Å². The van der Waals surface area contributed by atoms with E-state index in [0.29, 0.717) is 0 Å². The Balaban J connectivity index is 2.64. The number of rotatable bonds is 1. The van der Waals surface area contributed by atoms with Gasteiger partial charge in [-0.25, -0.2) is 0 Å². The van der Waals surface area contributed by atoms with Crippen LogP contribution in [0.2, 0.25) is 0 Å². The van der Waals surface area contributed by atoms with Crippen LogP contribution in [0.4, 0.5) is 0 Å². The summed E-state index contributed by atoms with van der Waals surface area (Å²) in [4.78, 5) is 12.3. The Kier molecular flexibility index (Phi) is 2.06. The number of carboxylic acids is 1. The summed E-state index contributed by atoms with van der Waals surface area (Å²) in [5.41, 5.74) is 0. The first-order valence-corrected chi connectivity index (χ1v) is 3.31. The molecule has 0 saturated heterocycles. The molecule has 1 unspecified atom stereocenters. The predicted molar refractivity (Wildman–Crippen MR) is 37.8 cm³/mol. The van der Waals surface area contributed by atoms with Gasteiger partial charge in [0.2, 0.25) is 0 Å². The first kappa shape index (κ1) is 7.28. The number of carboxylic acid groups (broad SMARTS) is 1. The zero-order chi connectivity index (χ0) is 7.56. The van der Waals surface area contributed by atoms with E-state index in [4.69, 9.17) is 5.11 Å². The maximum atomic E-state index is 10.5. The lowest BCUT2D eigenvalue weighted by Gasteiger charge is -2.24. The lowest BCUT2D eigenvalue weighted by molar-refractivity contribution is -0.141. The molecule has 56 valence electrons. The Morgan fingerprint density at radius 3 is 2.90 bits per heavy atom. The molecule has 1 rings (SSSR count). The van der Waals surface area contributed by atoms with Gasteiger partial charge >= 0.3 is 5.97 Å². The third-order valence-corrected chi connectivity index (χ3v) is 1.69. The average molecular weight is 141 g/mol. The predicted octanol–water partition coefficient (Wildman–Crippen LogP) is 0.331. The Hall–Kier alpha value is -0.830. The summed E-state index contributed by atoms with van der Waals surface area (Å²) in [6.45, 7) is 0.841. The van der Waals surface area contributed by atoms with Crippen molar-refractivity contribution in [3.63, 3.8) is 0 Å². The van der Waals surface area contributed by atoms with E-state index in [1.807, 2.05) is 18.0 Å². The first-order valence-electron chi connectivity index (χ1n) is 3.31. The van der Waals surface area contributed by atoms with E-state index < -0.39 is 12.0 Å². The van der Waals surface area contributed by atoms with Crippen LogP contribution in [0.1, 0.15) is 6.42 Å². The number of aliphatic carboxylic acids is 1. The second-order valence-corrected chi connectivity index (χ2v) is 2.48. The van der Waals surface area contributed by atoms with Gasteiger partial charge in [0, 0.05) is 6.54 Å². The van der Waals surface area contributed by atoms with Crippen molar-refractivity contribution >= 4 is 5.97 Å². The van der Waals surface area contributed by atoms with Crippen LogP contribution < -0.4 is 0 Å². The van der Waals surface area contributed by atoms with Crippen LogP contribution in [0, 0.1) is 0 Å². The van der Waals surface area contributed by atoms with E-state index in [1.165, 1.54) is 0 Å². The molecule has 0 spiro atoms. The van der Waals surface area contributed by atoms with Crippen LogP contribution in [0.25, 0.3) is 0 Å². The molecule has 0 fully saturated rings. The lowest BCUT2D eigenvalue weighted by Crippen LogP contribution is -2.39. The topological polar surface area (TPSA) is 40.5 Å². The molecule has 0 aromatic carbocycles. The van der Waals surface area contributed by atoms with E-state index in [-0.39, 0.29) is 0 Å². The number of hydrogen-bond donors (Lipinski definition) is 1. The van der Waals surface area contributed by atoms with Gasteiger partial charge in [-0.2, -0.15) is 0 Å². The fourth-order valence-electron chi connectivity index (χ4n) is 1.06. The van der Waals surface area contributed by atoms with Gasteiger partial charge in [-0.1, -0.05) is 12.2 Å². The van der Waals surface area contributed by atoms with Crippen LogP contribution in [0.3, 0.4) is 0 Å². The third-order valence-electron chi connectivity index (χ3n) is 1.69. The molecular formula is C7H11NO2. The van der Waals surface area contributed by atoms with Crippen LogP contribution in [-0.2, 0) is 4.79 Å². The molecule has 1 N–H and O–H groups in total. The molecule has 1 atom stereocenters. The van der Waals surface area contributed by atoms with Crippen molar-refractivity contribution in [2.75, 3.05) is 13.6 Å². The highest BCUT2D eigenvalue weighted by atomic mass is 16.4. The second-order valence-electron chi connectivity index (χ2n) is 2.48. The third kappa shape index (κ3) is 1.36. The minimum atomic E-state index is -0.765. The van der Waals surface area contributed by atoms with Gasteiger partial charge in [-0.05, 0) is 13.5 Å². The van der Waals surface area contributed by atoms with E-state index in [9.17, 15) is 4.79 Å². The largest absolute Gasteiger partial charge is 0.480 e. The van der Waals surface area contributed by atoms with Gasteiger partial charge in [0.05, 0.1) is 0 Å². The summed E-state index contributed by atoms with van der Waals surface area (Å²) in [7, 11) is 1.82. The summed E-state index contributed by atoms with van der Waals surface area (Å²) in [5.74, 6) is -0.765. The molecule has 0 aromatic heterocycles. The molecule has 0 amide bonds. The summed E-state index contributed by atoms with van der Waals surface area (Å²) < 4.78 is 0. The molecule has 1 heterocycles. The molecule has 0 bridgehead atoms. The average Bonchev–Trinajstić information content (AvgIpc) is 1.88. The highest BCUT2D eigenvalue weighted by Gasteiger charge is 2.20. The standard InChI is InChI=1S/C7H11NO2/c1-8-5-3-2-4-6(8)7(9)10/h2,4,6H,3,5H2,1H3,(H,9,10). The molecule has 0 aromatic rings. The van der Waals surface area contributed by atoms with Crippen molar-refractivity contribution in [2.24, 2.45) is 0 Å². The molecule has 1 aliphatic heterocycles. The molecule has 10 heavy (non-hydrogen) atoms. The minimum Gasteiger partial charge on any atom is -0.480 e. The van der Waals surface area contributed by atoms with Gasteiger partial charge < -0.3 is 5.11 Å². The zero-order valence-electron chi connectivity index (χ0n) is 5.95. The van der Waals surface area contributed by atoms with Crippen molar-refractivity contribution in [3.05, 3.63) is 12.2 Å². The number of likely N-dealkylation sites (N-methyl/N-ethyl adjacent to an activating group) is 1. The quantitative estimate of drug-likeness (QED) is 0.535. The van der Waals surface area contributed by atoms with Gasteiger partial charge in [0.15, 0.2) is 0 Å². The summed E-state index contributed by atoms with van der Waals surface area (Å²) in [6.07, 6.45) is 4.60. The van der Waals surface area contributed by atoms with Crippen LogP contribution in [0.15, 0.2) is 12.2 Å². The molecule has 3 heteroatoms. The first-order chi connectivity index (χ1) is 4.72. The molecule has 0 radical (unpaired) electrons. The summed E-state index contributed by atoms with van der Waals surface area (Å²) >= 11 is 0. The lowest BCUT2D eigenvalue weighted by atomic mass is 10.1. The van der Waals surface area contributed by atoms with Crippen LogP contribution in [-0.4, -0.2) is 35.6 Å². The number of carbonyl (C=O) groups is 1. The maximum absolute atomic E-state index is 10.5. The van der Waals surface area contributed by atoms with Crippen molar-refractivity contribution in [3.8, 4) is 0 Å². The van der Waals surface area contributed by atoms with Crippen LogP contribution >= 0.6 is 0 Å².